The van der Waals surface area contributed by atoms with Gasteiger partial charge in [0.1, 0.15) is 5.82 Å². The van der Waals surface area contributed by atoms with Crippen molar-refractivity contribution in [1.82, 2.24) is 9.97 Å². The molecule has 0 spiro atoms. The first-order valence-electron chi connectivity index (χ1n) is 4.45. The van der Waals surface area contributed by atoms with Crippen LogP contribution in [0.3, 0.4) is 0 Å². The summed E-state index contributed by atoms with van der Waals surface area (Å²) in [5.41, 5.74) is 1.94. The summed E-state index contributed by atoms with van der Waals surface area (Å²) in [6, 6.07) is 9.91. The molecule has 1 heterocycles. The number of benzene rings is 1. The predicted octanol–water partition coefficient (Wildman–Crippen LogP) is 2.53. The standard InChI is InChI=1S/C11H11N3/c1-9-7-13-11(8-12-9)14-10-5-3-2-4-6-10/h2-8H,1H3,(H,13,14). The molecule has 1 N–H and O–H groups in total. The minimum atomic E-state index is 0.766. The van der Waals surface area contributed by atoms with Crippen molar-refractivity contribution in [3.63, 3.8) is 0 Å². The first-order chi connectivity index (χ1) is 6.84. The second kappa shape index (κ2) is 3.87. The van der Waals surface area contributed by atoms with Crippen LogP contribution in [-0.4, -0.2) is 9.97 Å². The van der Waals surface area contributed by atoms with Crippen LogP contribution in [-0.2, 0) is 0 Å². The van der Waals surface area contributed by atoms with E-state index in [4.69, 9.17) is 0 Å². The molecule has 1 aromatic heterocycles. The third-order valence-electron chi connectivity index (χ3n) is 1.83. The first-order valence-corrected chi connectivity index (χ1v) is 4.45. The van der Waals surface area contributed by atoms with Crippen molar-refractivity contribution in [3.05, 3.63) is 48.4 Å². The van der Waals surface area contributed by atoms with Gasteiger partial charge in [-0.3, -0.25) is 4.98 Å². The predicted molar refractivity (Wildman–Crippen MR) is 56.5 cm³/mol. The molecular weight excluding hydrogens is 174 g/mol. The van der Waals surface area contributed by atoms with Gasteiger partial charge in [0.15, 0.2) is 0 Å². The van der Waals surface area contributed by atoms with Crippen LogP contribution in [0.15, 0.2) is 42.7 Å². The average molecular weight is 185 g/mol. The van der Waals surface area contributed by atoms with Gasteiger partial charge in [-0.25, -0.2) is 4.98 Å². The number of para-hydroxylation sites is 1. The summed E-state index contributed by atoms with van der Waals surface area (Å²) >= 11 is 0. The van der Waals surface area contributed by atoms with Gasteiger partial charge >= 0.3 is 0 Å². The molecule has 70 valence electrons. The molecular formula is C11H11N3. The molecule has 0 radical (unpaired) electrons. The van der Waals surface area contributed by atoms with Crippen molar-refractivity contribution in [2.75, 3.05) is 5.32 Å². The largest absolute Gasteiger partial charge is 0.339 e. The summed E-state index contributed by atoms with van der Waals surface area (Å²) in [5.74, 6) is 0.766. The van der Waals surface area contributed by atoms with E-state index in [-0.39, 0.29) is 0 Å². The zero-order chi connectivity index (χ0) is 9.80. The Kier molecular flexibility index (Phi) is 2.40. The number of aryl methyl sites for hydroxylation is 1. The Balaban J connectivity index is 2.16. The van der Waals surface area contributed by atoms with Gasteiger partial charge in [-0.2, -0.15) is 0 Å². The van der Waals surface area contributed by atoms with E-state index in [1.807, 2.05) is 37.3 Å². The highest BCUT2D eigenvalue weighted by atomic mass is 15.0. The lowest BCUT2D eigenvalue weighted by atomic mass is 10.3. The Morgan fingerprint density at radius 1 is 1.00 bits per heavy atom. The SMILES string of the molecule is Cc1cnc(Nc2ccccc2)cn1. The Hall–Kier alpha value is -1.90. The lowest BCUT2D eigenvalue weighted by Crippen LogP contribution is -1.94. The van der Waals surface area contributed by atoms with E-state index in [1.54, 1.807) is 12.4 Å². The molecule has 3 heteroatoms. The topological polar surface area (TPSA) is 37.8 Å². The molecule has 0 aliphatic heterocycles. The molecule has 0 amide bonds. The van der Waals surface area contributed by atoms with E-state index >= 15 is 0 Å². The highest BCUT2D eigenvalue weighted by molar-refractivity contribution is 5.54. The number of anilines is 2. The molecule has 0 saturated heterocycles. The van der Waals surface area contributed by atoms with Crippen molar-refractivity contribution < 1.29 is 0 Å². The lowest BCUT2D eigenvalue weighted by molar-refractivity contribution is 1.12. The summed E-state index contributed by atoms with van der Waals surface area (Å²) in [4.78, 5) is 8.35. The van der Waals surface area contributed by atoms with Crippen LogP contribution in [0.25, 0.3) is 0 Å². The minimum absolute atomic E-state index is 0.766. The molecule has 3 nitrogen and oxygen atoms in total. The zero-order valence-corrected chi connectivity index (χ0v) is 7.94. The average Bonchev–Trinajstić information content (AvgIpc) is 2.23. The van der Waals surface area contributed by atoms with Gasteiger partial charge < -0.3 is 5.32 Å². The fourth-order valence-electron chi connectivity index (χ4n) is 1.13. The maximum Gasteiger partial charge on any atom is 0.148 e. The fraction of sp³-hybridized carbons (Fsp3) is 0.0909. The molecule has 1 aromatic carbocycles. The van der Waals surface area contributed by atoms with Crippen LogP contribution in [0.5, 0.6) is 0 Å². The number of rotatable bonds is 2. The normalized spacial score (nSPS) is 9.79. The fourth-order valence-corrected chi connectivity index (χ4v) is 1.13. The molecule has 0 saturated carbocycles. The van der Waals surface area contributed by atoms with Crippen molar-refractivity contribution >= 4 is 11.5 Å². The van der Waals surface area contributed by atoms with Crippen LogP contribution in [0.4, 0.5) is 11.5 Å². The number of aromatic nitrogens is 2. The van der Waals surface area contributed by atoms with Crippen LogP contribution in [0.2, 0.25) is 0 Å². The van der Waals surface area contributed by atoms with E-state index < -0.39 is 0 Å². The van der Waals surface area contributed by atoms with E-state index in [0.29, 0.717) is 0 Å². The molecule has 14 heavy (non-hydrogen) atoms. The summed E-state index contributed by atoms with van der Waals surface area (Å²) in [6.07, 6.45) is 3.47. The first kappa shape index (κ1) is 8.69. The molecule has 0 unspecified atom stereocenters. The third kappa shape index (κ3) is 2.07. The molecule has 0 aliphatic carbocycles. The second-order valence-corrected chi connectivity index (χ2v) is 3.03. The highest BCUT2D eigenvalue weighted by Crippen LogP contribution is 2.11. The molecule has 2 aromatic rings. The van der Waals surface area contributed by atoms with Crippen LogP contribution >= 0.6 is 0 Å². The van der Waals surface area contributed by atoms with Crippen LogP contribution in [0.1, 0.15) is 5.69 Å². The number of nitrogens with zero attached hydrogens (tertiary/aromatic N) is 2. The van der Waals surface area contributed by atoms with Crippen LogP contribution in [0, 0.1) is 6.92 Å². The highest BCUT2D eigenvalue weighted by Gasteiger charge is 1.94. The number of hydrogen-bond acceptors (Lipinski definition) is 3. The quantitative estimate of drug-likeness (QED) is 0.781. The molecule has 0 aliphatic rings. The Morgan fingerprint density at radius 3 is 2.43 bits per heavy atom. The molecule has 2 rings (SSSR count). The smallest absolute Gasteiger partial charge is 0.148 e. The van der Waals surface area contributed by atoms with Gasteiger partial charge in [0, 0.05) is 5.69 Å². The zero-order valence-electron chi connectivity index (χ0n) is 7.94. The summed E-state index contributed by atoms with van der Waals surface area (Å²) < 4.78 is 0. The Morgan fingerprint density at radius 2 is 1.79 bits per heavy atom. The Bertz CT molecular complexity index is 395. The third-order valence-corrected chi connectivity index (χ3v) is 1.83. The van der Waals surface area contributed by atoms with Crippen molar-refractivity contribution in [2.24, 2.45) is 0 Å². The number of nitrogens with one attached hydrogen (secondary N) is 1. The summed E-state index contributed by atoms with van der Waals surface area (Å²) in [5, 5.41) is 3.16. The summed E-state index contributed by atoms with van der Waals surface area (Å²) in [7, 11) is 0. The van der Waals surface area contributed by atoms with Gasteiger partial charge in [-0.1, -0.05) is 18.2 Å². The molecule has 0 atom stereocenters. The van der Waals surface area contributed by atoms with E-state index in [0.717, 1.165) is 17.2 Å². The van der Waals surface area contributed by atoms with E-state index in [2.05, 4.69) is 15.3 Å². The Labute approximate surface area is 82.8 Å². The van der Waals surface area contributed by atoms with Gasteiger partial charge in [0.2, 0.25) is 0 Å². The van der Waals surface area contributed by atoms with Gasteiger partial charge in [0.25, 0.3) is 0 Å². The minimum Gasteiger partial charge on any atom is -0.339 e. The van der Waals surface area contributed by atoms with E-state index in [9.17, 15) is 0 Å². The van der Waals surface area contributed by atoms with E-state index in [1.165, 1.54) is 0 Å². The second-order valence-electron chi connectivity index (χ2n) is 3.03. The monoisotopic (exact) mass is 185 g/mol. The van der Waals surface area contributed by atoms with Gasteiger partial charge in [-0.05, 0) is 19.1 Å². The molecule has 0 fully saturated rings. The number of hydrogen-bond donors (Lipinski definition) is 1. The van der Waals surface area contributed by atoms with Crippen molar-refractivity contribution in [3.8, 4) is 0 Å². The van der Waals surface area contributed by atoms with Crippen molar-refractivity contribution in [1.29, 1.82) is 0 Å². The van der Waals surface area contributed by atoms with Gasteiger partial charge in [-0.15, -0.1) is 0 Å². The van der Waals surface area contributed by atoms with Gasteiger partial charge in [0.05, 0.1) is 18.1 Å². The van der Waals surface area contributed by atoms with Crippen molar-refractivity contribution in [2.45, 2.75) is 6.92 Å². The van der Waals surface area contributed by atoms with Crippen LogP contribution < -0.4 is 5.32 Å². The maximum absolute atomic E-state index is 4.20. The maximum atomic E-state index is 4.20. The summed E-state index contributed by atoms with van der Waals surface area (Å²) in [6.45, 7) is 1.92. The molecule has 0 bridgehead atoms. The lowest BCUT2D eigenvalue weighted by Gasteiger charge is -2.03.